The predicted molar refractivity (Wildman–Crippen MR) is 109 cm³/mol. The van der Waals surface area contributed by atoms with Gasteiger partial charge < -0.3 is 14.8 Å². The first-order valence-corrected chi connectivity index (χ1v) is 9.79. The Morgan fingerprint density at radius 1 is 1.21 bits per heavy atom. The van der Waals surface area contributed by atoms with Crippen LogP contribution in [0.4, 0.5) is 5.69 Å². The summed E-state index contributed by atoms with van der Waals surface area (Å²) in [6.07, 6.45) is 0. The van der Waals surface area contributed by atoms with Crippen molar-refractivity contribution < 1.29 is 19.1 Å². The third-order valence-corrected chi connectivity index (χ3v) is 6.00. The summed E-state index contributed by atoms with van der Waals surface area (Å²) in [5.41, 5.74) is 3.25. The number of esters is 1. The average Bonchev–Trinajstić information content (AvgIpc) is 3.15. The highest BCUT2D eigenvalue weighted by Gasteiger charge is 2.23. The van der Waals surface area contributed by atoms with Crippen molar-refractivity contribution in [3.8, 4) is 16.2 Å². The molecule has 3 aromatic rings. The lowest BCUT2D eigenvalue weighted by molar-refractivity contribution is -0.119. The van der Waals surface area contributed by atoms with Crippen LogP contribution in [0.3, 0.4) is 0 Å². The molecule has 1 aromatic heterocycles. The summed E-state index contributed by atoms with van der Waals surface area (Å²) in [7, 11) is 0. The van der Waals surface area contributed by atoms with Gasteiger partial charge in [0.2, 0.25) is 0 Å². The standard InChI is InChI=1S/C21H16ClNO4S/c1-12-15(22)6-4-7-16(12)23-19(24)11-27-21(25)18-9-13-10-26-17-8-3-2-5-14(17)20(13)28-18/h2-9H,10-11H2,1H3,(H,23,24). The Morgan fingerprint density at radius 3 is 2.89 bits per heavy atom. The Morgan fingerprint density at radius 2 is 2.04 bits per heavy atom. The minimum Gasteiger partial charge on any atom is -0.488 e. The molecule has 0 aliphatic carbocycles. The predicted octanol–water partition coefficient (Wildman–Crippen LogP) is 5.06. The molecule has 0 unspecified atom stereocenters. The van der Waals surface area contributed by atoms with Crippen LogP contribution in [0.25, 0.3) is 10.4 Å². The fraction of sp³-hybridized carbons (Fsp3) is 0.143. The van der Waals surface area contributed by atoms with Crippen molar-refractivity contribution in [1.29, 1.82) is 0 Å². The topological polar surface area (TPSA) is 64.6 Å². The van der Waals surface area contributed by atoms with Crippen LogP contribution in [0.1, 0.15) is 20.8 Å². The molecule has 1 aliphatic heterocycles. The molecule has 2 aromatic carbocycles. The van der Waals surface area contributed by atoms with Gasteiger partial charge >= 0.3 is 5.97 Å². The maximum Gasteiger partial charge on any atom is 0.348 e. The molecule has 0 radical (unpaired) electrons. The number of carbonyl (C=O) groups excluding carboxylic acids is 2. The van der Waals surface area contributed by atoms with Gasteiger partial charge in [0.05, 0.1) is 0 Å². The minimum absolute atomic E-state index is 0.375. The molecule has 0 bridgehead atoms. The fourth-order valence-corrected chi connectivity index (χ4v) is 4.20. The summed E-state index contributed by atoms with van der Waals surface area (Å²) in [5.74, 6) is -0.156. The molecule has 1 amide bonds. The zero-order valence-electron chi connectivity index (χ0n) is 15.0. The number of halogens is 1. The number of thiophene rings is 1. The van der Waals surface area contributed by atoms with Gasteiger partial charge in [0.1, 0.15) is 17.2 Å². The Hall–Kier alpha value is -2.83. The highest BCUT2D eigenvalue weighted by atomic mass is 35.5. The highest BCUT2D eigenvalue weighted by Crippen LogP contribution is 2.42. The van der Waals surface area contributed by atoms with Gasteiger partial charge in [0, 0.05) is 26.7 Å². The van der Waals surface area contributed by atoms with E-state index in [-0.39, 0.29) is 6.61 Å². The van der Waals surface area contributed by atoms with Crippen LogP contribution in [-0.2, 0) is 16.1 Å². The van der Waals surface area contributed by atoms with E-state index in [0.717, 1.165) is 27.3 Å². The lowest BCUT2D eigenvalue weighted by Gasteiger charge is -2.16. The van der Waals surface area contributed by atoms with Crippen molar-refractivity contribution in [2.24, 2.45) is 0 Å². The lowest BCUT2D eigenvalue weighted by Crippen LogP contribution is -2.21. The van der Waals surface area contributed by atoms with Gasteiger partial charge in [0.25, 0.3) is 5.91 Å². The molecule has 7 heteroatoms. The second kappa shape index (κ2) is 7.66. The second-order valence-electron chi connectivity index (χ2n) is 6.29. The van der Waals surface area contributed by atoms with Gasteiger partial charge in [-0.05, 0) is 42.8 Å². The zero-order valence-corrected chi connectivity index (χ0v) is 16.5. The van der Waals surface area contributed by atoms with Gasteiger partial charge in [-0.3, -0.25) is 4.79 Å². The fourth-order valence-electron chi connectivity index (χ4n) is 2.93. The van der Waals surface area contributed by atoms with E-state index in [4.69, 9.17) is 21.1 Å². The molecule has 142 valence electrons. The Labute approximate surface area is 170 Å². The second-order valence-corrected chi connectivity index (χ2v) is 7.75. The molecular formula is C21H16ClNO4S. The van der Waals surface area contributed by atoms with E-state index >= 15 is 0 Å². The van der Waals surface area contributed by atoms with E-state index in [9.17, 15) is 9.59 Å². The van der Waals surface area contributed by atoms with E-state index < -0.39 is 11.9 Å². The maximum absolute atomic E-state index is 12.4. The largest absolute Gasteiger partial charge is 0.488 e. The third kappa shape index (κ3) is 3.61. The number of para-hydroxylation sites is 1. The van der Waals surface area contributed by atoms with Crippen molar-refractivity contribution in [2.75, 3.05) is 11.9 Å². The van der Waals surface area contributed by atoms with Crippen LogP contribution in [0.15, 0.2) is 48.5 Å². The monoisotopic (exact) mass is 413 g/mol. The normalized spacial score (nSPS) is 11.8. The van der Waals surface area contributed by atoms with Crippen LogP contribution in [0.2, 0.25) is 5.02 Å². The van der Waals surface area contributed by atoms with Crippen molar-refractivity contribution in [2.45, 2.75) is 13.5 Å². The van der Waals surface area contributed by atoms with E-state index in [1.54, 1.807) is 31.2 Å². The molecule has 1 aliphatic rings. The Kier molecular flexibility index (Phi) is 5.07. The van der Waals surface area contributed by atoms with Crippen LogP contribution < -0.4 is 10.1 Å². The van der Waals surface area contributed by atoms with Crippen LogP contribution in [0, 0.1) is 6.92 Å². The summed E-state index contributed by atoms with van der Waals surface area (Å²) >= 11 is 7.39. The van der Waals surface area contributed by atoms with Crippen molar-refractivity contribution in [3.63, 3.8) is 0 Å². The van der Waals surface area contributed by atoms with Crippen LogP contribution in [-0.4, -0.2) is 18.5 Å². The van der Waals surface area contributed by atoms with E-state index in [1.807, 2.05) is 24.3 Å². The molecule has 0 spiro atoms. The number of rotatable bonds is 4. The van der Waals surface area contributed by atoms with Crippen molar-refractivity contribution in [3.05, 3.63) is 69.6 Å². The number of fused-ring (bicyclic) bond motifs is 3. The SMILES string of the molecule is Cc1c(Cl)cccc1NC(=O)COC(=O)c1cc2c(s1)-c1ccccc1OC2. The number of carbonyl (C=O) groups is 2. The molecule has 2 heterocycles. The van der Waals surface area contributed by atoms with Gasteiger partial charge in [-0.2, -0.15) is 0 Å². The van der Waals surface area contributed by atoms with Crippen LogP contribution in [0.5, 0.6) is 5.75 Å². The molecular weight excluding hydrogens is 398 g/mol. The summed E-state index contributed by atoms with van der Waals surface area (Å²) < 4.78 is 10.9. The van der Waals surface area contributed by atoms with Crippen molar-refractivity contribution in [1.82, 2.24) is 0 Å². The van der Waals surface area contributed by atoms with E-state index in [1.165, 1.54) is 11.3 Å². The first-order chi connectivity index (χ1) is 13.5. The Balaban J connectivity index is 1.42. The molecule has 28 heavy (non-hydrogen) atoms. The first kappa shape index (κ1) is 18.5. The number of anilines is 1. The molecule has 4 rings (SSSR count). The van der Waals surface area contributed by atoms with Gasteiger partial charge in [-0.1, -0.05) is 29.8 Å². The summed E-state index contributed by atoms with van der Waals surface area (Å²) in [6.45, 7) is 1.84. The average molecular weight is 414 g/mol. The van der Waals surface area contributed by atoms with Gasteiger partial charge in [-0.25, -0.2) is 4.79 Å². The molecule has 0 saturated carbocycles. The first-order valence-electron chi connectivity index (χ1n) is 8.60. The Bertz CT molecular complexity index is 1080. The third-order valence-electron chi connectivity index (χ3n) is 4.40. The van der Waals surface area contributed by atoms with Crippen LogP contribution >= 0.6 is 22.9 Å². The van der Waals surface area contributed by atoms with Gasteiger partial charge in [-0.15, -0.1) is 11.3 Å². The van der Waals surface area contributed by atoms with E-state index in [0.29, 0.717) is 22.2 Å². The van der Waals surface area contributed by atoms with E-state index in [2.05, 4.69) is 5.32 Å². The molecule has 1 N–H and O–H groups in total. The minimum atomic E-state index is -0.533. The highest BCUT2D eigenvalue weighted by molar-refractivity contribution is 7.17. The number of hydrogen-bond acceptors (Lipinski definition) is 5. The quantitative estimate of drug-likeness (QED) is 0.607. The molecule has 0 fully saturated rings. The summed E-state index contributed by atoms with van der Waals surface area (Å²) in [6, 6.07) is 14.7. The van der Waals surface area contributed by atoms with Gasteiger partial charge in [0.15, 0.2) is 6.61 Å². The smallest absolute Gasteiger partial charge is 0.348 e. The lowest BCUT2D eigenvalue weighted by atomic mass is 10.1. The number of amides is 1. The molecule has 5 nitrogen and oxygen atoms in total. The molecule has 0 atom stereocenters. The zero-order chi connectivity index (χ0) is 19.7. The number of nitrogens with one attached hydrogen (secondary N) is 1. The number of ether oxygens (including phenoxy) is 2. The number of hydrogen-bond donors (Lipinski definition) is 1. The summed E-state index contributed by atoms with van der Waals surface area (Å²) in [5, 5.41) is 3.26. The maximum atomic E-state index is 12.4. The number of benzene rings is 2. The molecule has 0 saturated heterocycles. The van der Waals surface area contributed by atoms with Crippen molar-refractivity contribution >= 4 is 40.5 Å². The summed E-state index contributed by atoms with van der Waals surface area (Å²) in [4.78, 5) is 26.0.